The van der Waals surface area contributed by atoms with Gasteiger partial charge in [0.15, 0.2) is 10.1 Å². The van der Waals surface area contributed by atoms with Gasteiger partial charge in [0, 0.05) is 0 Å². The first-order chi connectivity index (χ1) is 10.4. The third kappa shape index (κ3) is 2.74. The molecule has 0 saturated heterocycles. The highest BCUT2D eigenvalue weighted by Crippen LogP contribution is 2.32. The molecule has 3 heterocycles. The summed E-state index contributed by atoms with van der Waals surface area (Å²) >= 11 is 5.03. The van der Waals surface area contributed by atoms with Crippen LogP contribution in [0.5, 0.6) is 0 Å². The van der Waals surface area contributed by atoms with Crippen molar-refractivity contribution < 1.29 is 4.42 Å². The van der Waals surface area contributed by atoms with Gasteiger partial charge in [-0.15, -0.1) is 22.7 Å². The van der Waals surface area contributed by atoms with Crippen molar-refractivity contribution in [3.05, 3.63) is 53.9 Å². The first-order valence-electron chi connectivity index (χ1n) is 6.35. The van der Waals surface area contributed by atoms with E-state index in [1.165, 1.54) is 4.70 Å². The van der Waals surface area contributed by atoms with Crippen LogP contribution in [0.1, 0.15) is 5.89 Å². The summed E-state index contributed by atoms with van der Waals surface area (Å²) in [5, 5.41) is 2.04. The Morgan fingerprint density at radius 1 is 1.14 bits per heavy atom. The summed E-state index contributed by atoms with van der Waals surface area (Å²) in [6, 6.07) is 12.2. The van der Waals surface area contributed by atoms with Gasteiger partial charge in [0.25, 0.3) is 0 Å². The summed E-state index contributed by atoms with van der Waals surface area (Å²) in [5.74, 6) is 2.28. The number of fused-ring (bicyclic) bond motifs is 1. The first-order valence-corrected chi connectivity index (χ1v) is 9.03. The molecular formula is C15H10N2OS3. The zero-order valence-electron chi connectivity index (χ0n) is 10.9. The van der Waals surface area contributed by atoms with Crippen molar-refractivity contribution >= 4 is 44.7 Å². The van der Waals surface area contributed by atoms with Gasteiger partial charge in [0.05, 0.1) is 27.0 Å². The number of para-hydroxylation sites is 1. The molecule has 104 valence electrons. The van der Waals surface area contributed by atoms with E-state index >= 15 is 0 Å². The summed E-state index contributed by atoms with van der Waals surface area (Å²) in [4.78, 5) is 10.0. The molecule has 0 spiro atoms. The van der Waals surface area contributed by atoms with E-state index in [0.717, 1.165) is 26.4 Å². The maximum absolute atomic E-state index is 5.78. The molecular weight excluding hydrogens is 320 g/mol. The van der Waals surface area contributed by atoms with Gasteiger partial charge in [-0.1, -0.05) is 30.0 Å². The SMILES string of the molecule is c1csc(-c2cnc(CSc3nc4ccccc4s3)o2)c1. The van der Waals surface area contributed by atoms with Crippen molar-refractivity contribution in [1.29, 1.82) is 0 Å². The van der Waals surface area contributed by atoms with E-state index in [9.17, 15) is 0 Å². The molecule has 0 radical (unpaired) electrons. The van der Waals surface area contributed by atoms with Crippen LogP contribution in [0.25, 0.3) is 20.9 Å². The largest absolute Gasteiger partial charge is 0.439 e. The van der Waals surface area contributed by atoms with Crippen molar-refractivity contribution in [3.63, 3.8) is 0 Å². The van der Waals surface area contributed by atoms with Gasteiger partial charge in [-0.3, -0.25) is 0 Å². The zero-order chi connectivity index (χ0) is 14.1. The van der Waals surface area contributed by atoms with Crippen molar-refractivity contribution in [1.82, 2.24) is 9.97 Å². The third-order valence-electron chi connectivity index (χ3n) is 2.91. The monoisotopic (exact) mass is 330 g/mol. The highest BCUT2D eigenvalue weighted by Gasteiger charge is 2.09. The zero-order valence-corrected chi connectivity index (χ0v) is 13.3. The van der Waals surface area contributed by atoms with Crippen molar-refractivity contribution in [2.24, 2.45) is 0 Å². The molecule has 6 heteroatoms. The lowest BCUT2D eigenvalue weighted by Crippen LogP contribution is -1.78. The molecule has 0 unspecified atom stereocenters. The highest BCUT2D eigenvalue weighted by molar-refractivity contribution is 8.00. The van der Waals surface area contributed by atoms with E-state index in [1.807, 2.05) is 35.7 Å². The van der Waals surface area contributed by atoms with Crippen molar-refractivity contribution in [2.45, 2.75) is 10.1 Å². The van der Waals surface area contributed by atoms with E-state index in [2.05, 4.69) is 16.0 Å². The normalized spacial score (nSPS) is 11.2. The molecule has 4 aromatic rings. The summed E-state index contributed by atoms with van der Waals surface area (Å²) in [7, 11) is 0. The molecule has 4 rings (SSSR count). The summed E-state index contributed by atoms with van der Waals surface area (Å²) < 4.78 is 8.04. The summed E-state index contributed by atoms with van der Waals surface area (Å²) in [6.45, 7) is 0. The third-order valence-corrected chi connectivity index (χ3v) is 5.96. The first kappa shape index (κ1) is 13.1. The number of nitrogens with zero attached hydrogens (tertiary/aromatic N) is 2. The van der Waals surface area contributed by atoms with Crippen LogP contribution in [0.2, 0.25) is 0 Å². The Labute approximate surface area is 133 Å². The Morgan fingerprint density at radius 2 is 2.10 bits per heavy atom. The summed E-state index contributed by atoms with van der Waals surface area (Å²) in [6.07, 6.45) is 1.79. The molecule has 0 fully saturated rings. The second kappa shape index (κ2) is 5.63. The predicted molar refractivity (Wildman–Crippen MR) is 89.0 cm³/mol. The summed E-state index contributed by atoms with van der Waals surface area (Å²) in [5.41, 5.74) is 1.05. The maximum atomic E-state index is 5.78. The quantitative estimate of drug-likeness (QED) is 0.476. The average molecular weight is 330 g/mol. The minimum Gasteiger partial charge on any atom is -0.439 e. The molecule has 0 amide bonds. The Bertz CT molecular complexity index is 831. The molecule has 0 aliphatic rings. The number of oxazole rings is 1. The number of thioether (sulfide) groups is 1. The number of thiazole rings is 1. The number of aromatic nitrogens is 2. The van der Waals surface area contributed by atoms with Gasteiger partial charge in [0.2, 0.25) is 5.89 Å². The predicted octanol–water partition coefficient (Wildman–Crippen LogP) is 5.31. The standard InChI is InChI=1S/C15H10N2OS3/c1-2-5-12-10(4-1)17-15(21-12)20-9-14-16-8-11(18-14)13-6-3-7-19-13/h1-8H,9H2. The second-order valence-electron chi connectivity index (χ2n) is 4.33. The molecule has 0 saturated carbocycles. The molecule has 21 heavy (non-hydrogen) atoms. The number of benzene rings is 1. The van der Waals surface area contributed by atoms with E-state index in [-0.39, 0.29) is 0 Å². The molecule has 0 N–H and O–H groups in total. The average Bonchev–Trinajstić information content (AvgIpc) is 3.23. The molecule has 3 nitrogen and oxygen atoms in total. The second-order valence-corrected chi connectivity index (χ2v) is 7.53. The van der Waals surface area contributed by atoms with Crippen molar-refractivity contribution in [3.8, 4) is 10.6 Å². The maximum Gasteiger partial charge on any atom is 0.205 e. The Morgan fingerprint density at radius 3 is 2.95 bits per heavy atom. The van der Waals surface area contributed by atoms with Crippen LogP contribution in [0.4, 0.5) is 0 Å². The van der Waals surface area contributed by atoms with E-state index in [4.69, 9.17) is 4.42 Å². The molecule has 0 aliphatic heterocycles. The van der Waals surface area contributed by atoms with Crippen LogP contribution in [-0.4, -0.2) is 9.97 Å². The number of thiophene rings is 1. The minimum atomic E-state index is 0.700. The van der Waals surface area contributed by atoms with E-state index in [0.29, 0.717) is 5.75 Å². The van der Waals surface area contributed by atoms with Gasteiger partial charge in [-0.2, -0.15) is 0 Å². The molecule has 0 atom stereocenters. The van der Waals surface area contributed by atoms with Gasteiger partial charge in [-0.05, 0) is 23.6 Å². The van der Waals surface area contributed by atoms with E-state index in [1.54, 1.807) is 40.6 Å². The Balaban J connectivity index is 1.49. The van der Waals surface area contributed by atoms with Crippen LogP contribution < -0.4 is 0 Å². The van der Waals surface area contributed by atoms with Crippen LogP contribution in [0.15, 0.2) is 56.7 Å². The van der Waals surface area contributed by atoms with Crippen LogP contribution in [0.3, 0.4) is 0 Å². The Hall–Kier alpha value is -1.63. The molecule has 0 aliphatic carbocycles. The molecule has 3 aromatic heterocycles. The molecule has 0 bridgehead atoms. The number of rotatable bonds is 4. The fourth-order valence-electron chi connectivity index (χ4n) is 1.95. The smallest absolute Gasteiger partial charge is 0.205 e. The van der Waals surface area contributed by atoms with Crippen molar-refractivity contribution in [2.75, 3.05) is 0 Å². The minimum absolute atomic E-state index is 0.700. The van der Waals surface area contributed by atoms with Crippen LogP contribution in [-0.2, 0) is 5.75 Å². The molecule has 1 aromatic carbocycles. The Kier molecular flexibility index (Phi) is 3.50. The highest BCUT2D eigenvalue weighted by atomic mass is 32.2. The van der Waals surface area contributed by atoms with E-state index < -0.39 is 0 Å². The van der Waals surface area contributed by atoms with Crippen LogP contribution in [0, 0.1) is 0 Å². The lowest BCUT2D eigenvalue weighted by Gasteiger charge is -1.92. The topological polar surface area (TPSA) is 38.9 Å². The lowest BCUT2D eigenvalue weighted by atomic mass is 10.3. The van der Waals surface area contributed by atoms with Gasteiger partial charge in [0.1, 0.15) is 0 Å². The number of hydrogen-bond donors (Lipinski definition) is 0. The fourth-order valence-corrected chi connectivity index (χ4v) is 4.54. The van der Waals surface area contributed by atoms with Gasteiger partial charge in [-0.25, -0.2) is 9.97 Å². The fraction of sp³-hybridized carbons (Fsp3) is 0.0667. The lowest BCUT2D eigenvalue weighted by molar-refractivity contribution is 0.531. The van der Waals surface area contributed by atoms with Gasteiger partial charge < -0.3 is 4.42 Å². The van der Waals surface area contributed by atoms with Gasteiger partial charge >= 0.3 is 0 Å². The number of hydrogen-bond acceptors (Lipinski definition) is 6. The van der Waals surface area contributed by atoms with Crippen LogP contribution >= 0.6 is 34.4 Å².